The van der Waals surface area contributed by atoms with E-state index in [2.05, 4.69) is 14.8 Å². The summed E-state index contributed by atoms with van der Waals surface area (Å²) in [5.41, 5.74) is 1.59. The third-order valence-electron chi connectivity index (χ3n) is 5.22. The minimum absolute atomic E-state index is 0.0327. The van der Waals surface area contributed by atoms with Gasteiger partial charge in [-0.3, -0.25) is 9.36 Å². The Bertz CT molecular complexity index is 1010. The van der Waals surface area contributed by atoms with Crippen molar-refractivity contribution in [3.8, 4) is 22.9 Å². The third kappa shape index (κ3) is 5.08. The van der Waals surface area contributed by atoms with Gasteiger partial charge in [-0.05, 0) is 61.4 Å². The van der Waals surface area contributed by atoms with Crippen molar-refractivity contribution in [1.29, 1.82) is 0 Å². The van der Waals surface area contributed by atoms with Crippen LogP contribution in [0.5, 0.6) is 11.5 Å². The molecule has 1 atom stereocenters. The van der Waals surface area contributed by atoms with Gasteiger partial charge in [-0.25, -0.2) is 0 Å². The van der Waals surface area contributed by atoms with Gasteiger partial charge >= 0.3 is 0 Å². The molecule has 0 saturated carbocycles. The Balaban J connectivity index is 1.54. The van der Waals surface area contributed by atoms with E-state index in [4.69, 9.17) is 14.2 Å². The highest BCUT2D eigenvalue weighted by molar-refractivity contribution is 7.99. The monoisotopic (exact) mass is 439 g/mol. The number of ketones is 1. The van der Waals surface area contributed by atoms with E-state index >= 15 is 0 Å². The summed E-state index contributed by atoms with van der Waals surface area (Å²) in [7, 11) is 3.25. The van der Waals surface area contributed by atoms with Gasteiger partial charge in [0.05, 0.1) is 32.6 Å². The van der Waals surface area contributed by atoms with Gasteiger partial charge in [-0.15, -0.1) is 10.2 Å². The van der Waals surface area contributed by atoms with Crippen LogP contribution in [0, 0.1) is 0 Å². The van der Waals surface area contributed by atoms with Crippen LogP contribution in [-0.4, -0.2) is 53.2 Å². The van der Waals surface area contributed by atoms with Crippen molar-refractivity contribution in [2.45, 2.75) is 30.6 Å². The van der Waals surface area contributed by atoms with Crippen LogP contribution >= 0.6 is 11.8 Å². The Morgan fingerprint density at radius 2 is 1.74 bits per heavy atom. The van der Waals surface area contributed by atoms with Crippen molar-refractivity contribution in [3.05, 3.63) is 54.1 Å². The number of rotatable bonds is 9. The highest BCUT2D eigenvalue weighted by Crippen LogP contribution is 2.28. The van der Waals surface area contributed by atoms with Gasteiger partial charge in [0.2, 0.25) is 0 Å². The second-order valence-corrected chi connectivity index (χ2v) is 8.16. The van der Waals surface area contributed by atoms with Crippen molar-refractivity contribution in [1.82, 2.24) is 14.8 Å². The van der Waals surface area contributed by atoms with Crippen LogP contribution in [0.3, 0.4) is 0 Å². The zero-order valence-electron chi connectivity index (χ0n) is 17.6. The second-order valence-electron chi connectivity index (χ2n) is 7.22. The van der Waals surface area contributed by atoms with E-state index in [1.54, 1.807) is 38.5 Å². The standard InChI is InChI=1S/C23H25N3O4S/c1-28-18-9-5-16(6-10-18)21(27)15-31-23-25-24-22(17-7-11-19(29-2)12-8-17)26(23)14-20-4-3-13-30-20/h5-12,20H,3-4,13-15H2,1-2H3. The highest BCUT2D eigenvalue weighted by Gasteiger charge is 2.22. The Morgan fingerprint density at radius 1 is 1.06 bits per heavy atom. The molecule has 31 heavy (non-hydrogen) atoms. The van der Waals surface area contributed by atoms with Crippen molar-refractivity contribution in [3.63, 3.8) is 0 Å². The summed E-state index contributed by atoms with van der Waals surface area (Å²) < 4.78 is 18.3. The molecule has 0 amide bonds. The fourth-order valence-electron chi connectivity index (χ4n) is 3.50. The lowest BCUT2D eigenvalue weighted by atomic mass is 10.1. The lowest BCUT2D eigenvalue weighted by Gasteiger charge is -2.15. The molecule has 2 aromatic carbocycles. The molecule has 4 rings (SSSR count). The zero-order chi connectivity index (χ0) is 21.6. The summed E-state index contributed by atoms with van der Waals surface area (Å²) in [6, 6.07) is 14.9. The number of benzene rings is 2. The van der Waals surface area contributed by atoms with E-state index in [-0.39, 0.29) is 17.6 Å². The Labute approximate surface area is 185 Å². The van der Waals surface area contributed by atoms with Crippen LogP contribution in [0.4, 0.5) is 0 Å². The average Bonchev–Trinajstić information content (AvgIpc) is 3.48. The van der Waals surface area contributed by atoms with Crippen molar-refractivity contribution < 1.29 is 19.0 Å². The molecule has 1 saturated heterocycles. The molecule has 7 nitrogen and oxygen atoms in total. The first kappa shape index (κ1) is 21.4. The normalized spacial score (nSPS) is 15.7. The summed E-state index contributed by atoms with van der Waals surface area (Å²) in [5, 5.41) is 9.52. The Morgan fingerprint density at radius 3 is 2.35 bits per heavy atom. The molecule has 8 heteroatoms. The summed E-state index contributed by atoms with van der Waals surface area (Å²) in [4.78, 5) is 12.7. The molecule has 3 aromatic rings. The maximum atomic E-state index is 12.7. The first-order chi connectivity index (χ1) is 15.2. The summed E-state index contributed by atoms with van der Waals surface area (Å²) in [6.07, 6.45) is 2.20. The van der Waals surface area contributed by atoms with E-state index in [1.165, 1.54) is 11.8 Å². The van der Waals surface area contributed by atoms with Gasteiger partial charge in [0.25, 0.3) is 0 Å². The molecule has 0 aliphatic carbocycles. The molecule has 1 aliphatic heterocycles. The first-order valence-corrected chi connectivity index (χ1v) is 11.2. The predicted octanol–water partition coefficient (Wildman–Crippen LogP) is 4.12. The van der Waals surface area contributed by atoms with Crippen molar-refractivity contribution in [2.75, 3.05) is 26.6 Å². The number of nitrogens with zero attached hydrogens (tertiary/aromatic N) is 3. The number of methoxy groups -OCH3 is 2. The van der Waals surface area contributed by atoms with Crippen LogP contribution in [0.2, 0.25) is 0 Å². The summed E-state index contributed by atoms with van der Waals surface area (Å²) in [6.45, 7) is 1.44. The van der Waals surface area contributed by atoms with Gasteiger partial charge < -0.3 is 14.2 Å². The molecule has 1 aromatic heterocycles. The highest BCUT2D eigenvalue weighted by atomic mass is 32.2. The molecular weight excluding hydrogens is 414 g/mol. The van der Waals surface area contributed by atoms with Gasteiger partial charge in [-0.2, -0.15) is 0 Å². The van der Waals surface area contributed by atoms with E-state index < -0.39 is 0 Å². The summed E-state index contributed by atoms with van der Waals surface area (Å²) >= 11 is 1.39. The molecule has 0 bridgehead atoms. The number of carbonyl (C=O) groups is 1. The number of hydrogen-bond donors (Lipinski definition) is 0. The second kappa shape index (κ2) is 9.98. The molecule has 2 heterocycles. The number of ether oxygens (including phenoxy) is 3. The predicted molar refractivity (Wildman–Crippen MR) is 119 cm³/mol. The van der Waals surface area contributed by atoms with E-state index in [0.29, 0.717) is 17.3 Å². The largest absolute Gasteiger partial charge is 0.497 e. The Hall–Kier alpha value is -2.84. The van der Waals surface area contributed by atoms with Crippen molar-refractivity contribution >= 4 is 17.5 Å². The topological polar surface area (TPSA) is 75.5 Å². The number of hydrogen-bond acceptors (Lipinski definition) is 7. The minimum atomic E-state index is 0.0327. The molecule has 1 aliphatic rings. The van der Waals surface area contributed by atoms with Gasteiger partial charge in [0.1, 0.15) is 11.5 Å². The fourth-order valence-corrected chi connectivity index (χ4v) is 4.34. The molecular formula is C23H25N3O4S. The van der Waals surface area contributed by atoms with Gasteiger partial charge in [-0.1, -0.05) is 11.8 Å². The molecule has 0 radical (unpaired) electrons. The van der Waals surface area contributed by atoms with E-state index in [9.17, 15) is 4.79 Å². The number of thioether (sulfide) groups is 1. The third-order valence-corrected chi connectivity index (χ3v) is 6.19. The molecule has 0 spiro atoms. The van der Waals surface area contributed by atoms with Crippen LogP contribution in [0.25, 0.3) is 11.4 Å². The molecule has 1 fully saturated rings. The lowest BCUT2D eigenvalue weighted by Crippen LogP contribution is -2.17. The van der Waals surface area contributed by atoms with Crippen LogP contribution in [-0.2, 0) is 11.3 Å². The average molecular weight is 440 g/mol. The SMILES string of the molecule is COc1ccc(C(=O)CSc2nnc(-c3ccc(OC)cc3)n2CC2CCCO2)cc1. The molecule has 0 N–H and O–H groups in total. The molecule has 162 valence electrons. The first-order valence-electron chi connectivity index (χ1n) is 10.2. The number of aromatic nitrogens is 3. The maximum Gasteiger partial charge on any atom is 0.192 e. The number of Topliss-reactive ketones (excluding diaryl/α,β-unsaturated/α-hetero) is 1. The molecule has 1 unspecified atom stereocenters. The quantitative estimate of drug-likeness (QED) is 0.367. The number of carbonyl (C=O) groups excluding carboxylic acids is 1. The van der Waals surface area contributed by atoms with E-state index in [0.717, 1.165) is 42.3 Å². The minimum Gasteiger partial charge on any atom is -0.497 e. The van der Waals surface area contributed by atoms with Gasteiger partial charge in [0.15, 0.2) is 16.8 Å². The van der Waals surface area contributed by atoms with Crippen LogP contribution < -0.4 is 9.47 Å². The maximum absolute atomic E-state index is 12.7. The van der Waals surface area contributed by atoms with Crippen molar-refractivity contribution in [2.24, 2.45) is 0 Å². The van der Waals surface area contributed by atoms with E-state index in [1.807, 2.05) is 24.3 Å². The fraction of sp³-hybridized carbons (Fsp3) is 0.348. The van der Waals surface area contributed by atoms with Crippen LogP contribution in [0.1, 0.15) is 23.2 Å². The van der Waals surface area contributed by atoms with Crippen LogP contribution in [0.15, 0.2) is 53.7 Å². The Kier molecular flexibility index (Phi) is 6.89. The van der Waals surface area contributed by atoms with Gasteiger partial charge in [0, 0.05) is 17.7 Å². The zero-order valence-corrected chi connectivity index (χ0v) is 18.4. The summed E-state index contributed by atoms with van der Waals surface area (Å²) in [5.74, 6) is 2.58. The smallest absolute Gasteiger partial charge is 0.192 e. The lowest BCUT2D eigenvalue weighted by molar-refractivity contribution is 0.0953.